The fourth-order valence-corrected chi connectivity index (χ4v) is 4.07. The summed E-state index contributed by atoms with van der Waals surface area (Å²) in [7, 11) is 0. The van der Waals surface area contributed by atoms with E-state index in [1.54, 1.807) is 0 Å². The monoisotopic (exact) mass is 427 g/mol. The zero-order valence-electron chi connectivity index (χ0n) is 18.8. The topological polar surface area (TPSA) is 56.1 Å². The number of hydrogen-bond donors (Lipinski definition) is 1. The summed E-state index contributed by atoms with van der Waals surface area (Å²) in [5.74, 6) is 1.68. The number of amides is 1. The van der Waals surface area contributed by atoms with Crippen molar-refractivity contribution in [1.29, 1.82) is 0 Å². The van der Waals surface area contributed by atoms with Gasteiger partial charge in [0.2, 0.25) is 5.91 Å². The van der Waals surface area contributed by atoms with E-state index in [0.717, 1.165) is 28.2 Å². The van der Waals surface area contributed by atoms with Gasteiger partial charge in [0.1, 0.15) is 18.2 Å². The minimum Gasteiger partial charge on any atom is -0.492 e. The van der Waals surface area contributed by atoms with Gasteiger partial charge < -0.3 is 14.6 Å². The number of carbonyl (C=O) groups excluding carboxylic acids is 1. The third kappa shape index (κ3) is 5.17. The zero-order chi connectivity index (χ0) is 22.5. The number of rotatable bonds is 8. The molecule has 32 heavy (non-hydrogen) atoms. The van der Waals surface area contributed by atoms with Gasteiger partial charge >= 0.3 is 0 Å². The first-order valence-electron chi connectivity index (χ1n) is 11.0. The molecule has 1 aromatic heterocycles. The van der Waals surface area contributed by atoms with Crippen LogP contribution in [0.2, 0.25) is 0 Å². The Balaban J connectivity index is 1.49. The lowest BCUT2D eigenvalue weighted by Crippen LogP contribution is -2.30. The van der Waals surface area contributed by atoms with E-state index in [9.17, 15) is 4.79 Å². The van der Waals surface area contributed by atoms with Gasteiger partial charge in [-0.25, -0.2) is 4.98 Å². The van der Waals surface area contributed by atoms with E-state index in [1.807, 2.05) is 67.6 Å². The average Bonchev–Trinajstić information content (AvgIpc) is 3.13. The average molecular weight is 428 g/mol. The van der Waals surface area contributed by atoms with Crippen LogP contribution in [0, 0.1) is 13.8 Å². The molecular weight excluding hydrogens is 398 g/mol. The zero-order valence-corrected chi connectivity index (χ0v) is 18.8. The smallest absolute Gasteiger partial charge is 0.224 e. The lowest BCUT2D eigenvalue weighted by molar-refractivity contribution is -0.121. The van der Waals surface area contributed by atoms with E-state index in [4.69, 9.17) is 9.72 Å². The van der Waals surface area contributed by atoms with Crippen molar-refractivity contribution in [3.63, 3.8) is 0 Å². The minimum atomic E-state index is -0.222. The van der Waals surface area contributed by atoms with E-state index in [-0.39, 0.29) is 11.9 Å². The van der Waals surface area contributed by atoms with E-state index >= 15 is 0 Å². The SMILES string of the molecule is Cc1cc(C)cc(OCCn2c(C(C)NC(=O)Cc3ccccc3)nc3ccccc32)c1. The summed E-state index contributed by atoms with van der Waals surface area (Å²) in [6.45, 7) is 7.27. The van der Waals surface area contributed by atoms with Crippen molar-refractivity contribution in [2.75, 3.05) is 6.61 Å². The fraction of sp³-hybridized carbons (Fsp3) is 0.259. The minimum absolute atomic E-state index is 0.0196. The lowest BCUT2D eigenvalue weighted by atomic mass is 10.1. The molecule has 164 valence electrons. The highest BCUT2D eigenvalue weighted by atomic mass is 16.5. The van der Waals surface area contributed by atoms with Gasteiger partial charge in [-0.1, -0.05) is 48.5 Å². The van der Waals surface area contributed by atoms with Crippen molar-refractivity contribution in [1.82, 2.24) is 14.9 Å². The van der Waals surface area contributed by atoms with Gasteiger partial charge in [0.15, 0.2) is 0 Å². The number of carbonyl (C=O) groups is 1. The summed E-state index contributed by atoms with van der Waals surface area (Å²) in [6.07, 6.45) is 0.348. The number of aryl methyl sites for hydroxylation is 2. The second kappa shape index (κ2) is 9.69. The number of para-hydroxylation sites is 2. The molecule has 5 heteroatoms. The Morgan fingerprint density at radius 1 is 1.00 bits per heavy atom. The quantitative estimate of drug-likeness (QED) is 0.423. The third-order valence-corrected chi connectivity index (χ3v) is 5.44. The Morgan fingerprint density at radius 2 is 1.69 bits per heavy atom. The second-order valence-corrected chi connectivity index (χ2v) is 8.23. The van der Waals surface area contributed by atoms with Crippen LogP contribution in [0.3, 0.4) is 0 Å². The van der Waals surface area contributed by atoms with Crippen molar-refractivity contribution < 1.29 is 9.53 Å². The largest absolute Gasteiger partial charge is 0.492 e. The molecule has 1 atom stereocenters. The van der Waals surface area contributed by atoms with Gasteiger partial charge in [-0.3, -0.25) is 4.79 Å². The van der Waals surface area contributed by atoms with Gasteiger partial charge in [-0.05, 0) is 61.7 Å². The highest BCUT2D eigenvalue weighted by Crippen LogP contribution is 2.22. The van der Waals surface area contributed by atoms with Gasteiger partial charge in [-0.2, -0.15) is 0 Å². The van der Waals surface area contributed by atoms with Crippen LogP contribution in [-0.4, -0.2) is 22.1 Å². The number of ether oxygens (including phenoxy) is 1. The molecule has 0 radical (unpaired) electrons. The van der Waals surface area contributed by atoms with Crippen molar-refractivity contribution in [2.45, 2.75) is 39.8 Å². The Morgan fingerprint density at radius 3 is 2.44 bits per heavy atom. The summed E-state index contributed by atoms with van der Waals surface area (Å²) >= 11 is 0. The molecule has 1 N–H and O–H groups in total. The first-order valence-corrected chi connectivity index (χ1v) is 11.0. The molecule has 0 aliphatic heterocycles. The standard InChI is InChI=1S/C27H29N3O2/c1-19-15-20(2)17-23(16-19)32-14-13-30-25-12-8-7-11-24(25)29-27(30)21(3)28-26(31)18-22-9-5-4-6-10-22/h4-12,15-17,21H,13-14,18H2,1-3H3,(H,28,31). The van der Waals surface area contributed by atoms with Crippen LogP contribution in [0.4, 0.5) is 0 Å². The Kier molecular flexibility index (Phi) is 6.55. The molecule has 5 nitrogen and oxygen atoms in total. The van der Waals surface area contributed by atoms with Gasteiger partial charge in [0.05, 0.1) is 30.0 Å². The Labute approximate surface area is 189 Å². The van der Waals surface area contributed by atoms with Crippen LogP contribution in [-0.2, 0) is 17.8 Å². The maximum absolute atomic E-state index is 12.6. The first-order chi connectivity index (χ1) is 15.5. The molecule has 0 spiro atoms. The van der Waals surface area contributed by atoms with E-state index in [1.165, 1.54) is 11.1 Å². The molecule has 1 amide bonds. The molecule has 0 fully saturated rings. The number of benzene rings is 3. The van der Waals surface area contributed by atoms with Crippen LogP contribution in [0.15, 0.2) is 72.8 Å². The molecule has 0 saturated carbocycles. The molecule has 1 unspecified atom stereocenters. The molecule has 0 bridgehead atoms. The number of nitrogens with zero attached hydrogens (tertiary/aromatic N) is 2. The number of hydrogen-bond acceptors (Lipinski definition) is 3. The summed E-state index contributed by atoms with van der Waals surface area (Å²) in [5.41, 5.74) is 5.31. The number of nitrogens with one attached hydrogen (secondary N) is 1. The molecule has 4 rings (SSSR count). The van der Waals surface area contributed by atoms with Gasteiger partial charge in [0, 0.05) is 0 Å². The number of aromatic nitrogens is 2. The van der Waals surface area contributed by atoms with Crippen LogP contribution in [0.25, 0.3) is 11.0 Å². The maximum Gasteiger partial charge on any atom is 0.224 e. The summed E-state index contributed by atoms with van der Waals surface area (Å²) in [4.78, 5) is 17.4. The third-order valence-electron chi connectivity index (χ3n) is 5.44. The van der Waals surface area contributed by atoms with Crippen LogP contribution >= 0.6 is 0 Å². The van der Waals surface area contributed by atoms with E-state index in [0.29, 0.717) is 19.6 Å². The van der Waals surface area contributed by atoms with Crippen LogP contribution in [0.1, 0.15) is 35.5 Å². The number of imidazole rings is 1. The Hall–Kier alpha value is -3.60. The summed E-state index contributed by atoms with van der Waals surface area (Å²) in [5, 5.41) is 3.11. The van der Waals surface area contributed by atoms with Gasteiger partial charge in [0.25, 0.3) is 0 Å². The molecule has 3 aromatic carbocycles. The summed E-state index contributed by atoms with van der Waals surface area (Å²) in [6, 6.07) is 23.8. The van der Waals surface area contributed by atoms with Crippen molar-refractivity contribution in [3.8, 4) is 5.75 Å². The molecule has 1 heterocycles. The van der Waals surface area contributed by atoms with E-state index in [2.05, 4.69) is 35.9 Å². The molecule has 4 aromatic rings. The molecule has 0 aliphatic carbocycles. The molecule has 0 saturated heterocycles. The first kappa shape index (κ1) is 21.6. The second-order valence-electron chi connectivity index (χ2n) is 8.23. The van der Waals surface area contributed by atoms with Crippen LogP contribution in [0.5, 0.6) is 5.75 Å². The Bertz CT molecular complexity index is 1190. The van der Waals surface area contributed by atoms with E-state index < -0.39 is 0 Å². The van der Waals surface area contributed by atoms with Crippen molar-refractivity contribution in [2.24, 2.45) is 0 Å². The highest BCUT2D eigenvalue weighted by Gasteiger charge is 2.18. The van der Waals surface area contributed by atoms with Crippen molar-refractivity contribution >= 4 is 16.9 Å². The maximum atomic E-state index is 12.6. The summed E-state index contributed by atoms with van der Waals surface area (Å²) < 4.78 is 8.19. The lowest BCUT2D eigenvalue weighted by Gasteiger charge is -2.17. The predicted octanol–water partition coefficient (Wildman–Crippen LogP) is 5.15. The van der Waals surface area contributed by atoms with Gasteiger partial charge in [-0.15, -0.1) is 0 Å². The number of fused-ring (bicyclic) bond motifs is 1. The highest BCUT2D eigenvalue weighted by molar-refractivity contribution is 5.79. The van der Waals surface area contributed by atoms with Crippen molar-refractivity contribution in [3.05, 3.63) is 95.3 Å². The normalized spacial score (nSPS) is 12.0. The molecular formula is C27H29N3O2. The molecule has 0 aliphatic rings. The van der Waals surface area contributed by atoms with Crippen LogP contribution < -0.4 is 10.1 Å². The fourth-order valence-electron chi connectivity index (χ4n) is 4.07. The predicted molar refractivity (Wildman–Crippen MR) is 128 cm³/mol.